The van der Waals surface area contributed by atoms with Gasteiger partial charge in [0.05, 0.1) is 12.5 Å². The number of methoxy groups -OCH3 is 1. The fourth-order valence-electron chi connectivity index (χ4n) is 1.15. The number of nitrogens with one attached hydrogen (secondary N) is 2. The molecule has 0 aliphatic carbocycles. The molecule has 1 aromatic carbocycles. The van der Waals surface area contributed by atoms with Gasteiger partial charge in [0.1, 0.15) is 0 Å². The van der Waals surface area contributed by atoms with Crippen molar-refractivity contribution in [2.75, 3.05) is 13.7 Å². The van der Waals surface area contributed by atoms with E-state index in [9.17, 15) is 13.2 Å². The van der Waals surface area contributed by atoms with E-state index in [1.807, 2.05) is 6.07 Å². The van der Waals surface area contributed by atoms with Gasteiger partial charge < -0.3 is 4.74 Å². The van der Waals surface area contributed by atoms with E-state index in [4.69, 9.17) is 11.6 Å². The third kappa shape index (κ3) is 4.91. The lowest BCUT2D eigenvalue weighted by atomic mass is 10.1. The van der Waals surface area contributed by atoms with Crippen molar-refractivity contribution in [3.05, 3.63) is 35.9 Å². The van der Waals surface area contributed by atoms with Gasteiger partial charge in [-0.1, -0.05) is 30.3 Å². The molecule has 0 aromatic heterocycles. The third-order valence-corrected chi connectivity index (χ3v) is 3.41. The van der Waals surface area contributed by atoms with Crippen LogP contribution in [0.4, 0.5) is 4.79 Å². The summed E-state index contributed by atoms with van der Waals surface area (Å²) in [5, 5.41) is -0.527. The lowest BCUT2D eigenvalue weighted by molar-refractivity contribution is 0.177. The summed E-state index contributed by atoms with van der Waals surface area (Å²) in [5.41, 5.74) is 0.778. The molecule has 1 aromatic rings. The maximum atomic E-state index is 11.4. The number of halogens is 1. The molecule has 18 heavy (non-hydrogen) atoms. The first-order chi connectivity index (χ1) is 8.44. The summed E-state index contributed by atoms with van der Waals surface area (Å²) >= 11 is 6.01. The highest BCUT2D eigenvalue weighted by molar-refractivity contribution is 7.88. The number of carbonyl (C=O) groups is 1. The van der Waals surface area contributed by atoms with Crippen molar-refractivity contribution < 1.29 is 17.9 Å². The minimum Gasteiger partial charge on any atom is -0.452 e. The summed E-state index contributed by atoms with van der Waals surface area (Å²) in [6.45, 7) is -0.0438. The first-order valence-electron chi connectivity index (χ1n) is 4.99. The van der Waals surface area contributed by atoms with Crippen molar-refractivity contribution in [1.82, 2.24) is 9.44 Å². The van der Waals surface area contributed by atoms with Crippen LogP contribution in [0.2, 0.25) is 0 Å². The summed E-state index contributed by atoms with van der Waals surface area (Å²) in [5.74, 6) is 0. The van der Waals surface area contributed by atoms with Crippen LogP contribution in [0, 0.1) is 0 Å². The Labute approximate surface area is 110 Å². The summed E-state index contributed by atoms with van der Waals surface area (Å²) in [7, 11) is -2.89. The number of amides is 1. The molecule has 0 fully saturated rings. The normalized spacial score (nSPS) is 12.8. The SMILES string of the molecule is COC(=O)NS(=O)(=O)NCC(Cl)c1ccccc1. The summed E-state index contributed by atoms with van der Waals surface area (Å²) in [6, 6.07) is 8.98. The minimum absolute atomic E-state index is 0.0438. The van der Waals surface area contributed by atoms with E-state index in [0.717, 1.165) is 12.7 Å². The Morgan fingerprint density at radius 1 is 1.39 bits per heavy atom. The van der Waals surface area contributed by atoms with Crippen molar-refractivity contribution in [1.29, 1.82) is 0 Å². The minimum atomic E-state index is -3.95. The monoisotopic (exact) mass is 292 g/mol. The fourth-order valence-corrected chi connectivity index (χ4v) is 2.23. The first kappa shape index (κ1) is 14.7. The van der Waals surface area contributed by atoms with Crippen LogP contribution in [0.5, 0.6) is 0 Å². The van der Waals surface area contributed by atoms with E-state index < -0.39 is 21.7 Å². The Morgan fingerprint density at radius 2 is 2.00 bits per heavy atom. The molecule has 6 nitrogen and oxygen atoms in total. The molecule has 1 atom stereocenters. The largest absolute Gasteiger partial charge is 0.452 e. The molecule has 0 saturated carbocycles. The van der Waals surface area contributed by atoms with Gasteiger partial charge in [-0.05, 0) is 5.56 Å². The Kier molecular flexibility index (Phi) is 5.39. The summed E-state index contributed by atoms with van der Waals surface area (Å²) in [4.78, 5) is 10.8. The van der Waals surface area contributed by atoms with Gasteiger partial charge in [0.2, 0.25) is 0 Å². The van der Waals surface area contributed by atoms with Crippen LogP contribution >= 0.6 is 11.6 Å². The molecular formula is C10H13ClN2O4S. The molecule has 0 heterocycles. The molecule has 1 unspecified atom stereocenters. The Bertz CT molecular complexity index is 492. The molecule has 0 aliphatic heterocycles. The topological polar surface area (TPSA) is 84.5 Å². The maximum absolute atomic E-state index is 11.4. The van der Waals surface area contributed by atoms with Gasteiger partial charge in [0.15, 0.2) is 0 Å². The number of carbonyl (C=O) groups excluding carboxylic acids is 1. The molecular weight excluding hydrogens is 280 g/mol. The van der Waals surface area contributed by atoms with Crippen LogP contribution in [0.15, 0.2) is 30.3 Å². The highest BCUT2D eigenvalue weighted by atomic mass is 35.5. The first-order valence-corrected chi connectivity index (χ1v) is 6.91. The molecule has 1 amide bonds. The fraction of sp³-hybridized carbons (Fsp3) is 0.300. The van der Waals surface area contributed by atoms with Crippen LogP contribution in [0.25, 0.3) is 0 Å². The molecule has 1 rings (SSSR count). The van der Waals surface area contributed by atoms with E-state index in [1.54, 1.807) is 29.0 Å². The number of rotatable bonds is 5. The number of hydrogen-bond acceptors (Lipinski definition) is 4. The van der Waals surface area contributed by atoms with Crippen molar-refractivity contribution in [2.24, 2.45) is 0 Å². The average molecular weight is 293 g/mol. The highest BCUT2D eigenvalue weighted by Crippen LogP contribution is 2.18. The van der Waals surface area contributed by atoms with Gasteiger partial charge in [-0.2, -0.15) is 13.1 Å². The lowest BCUT2D eigenvalue weighted by Crippen LogP contribution is -2.41. The lowest BCUT2D eigenvalue weighted by Gasteiger charge is -2.11. The molecule has 100 valence electrons. The number of ether oxygens (including phenoxy) is 1. The molecule has 8 heteroatoms. The Morgan fingerprint density at radius 3 is 2.56 bits per heavy atom. The van der Waals surface area contributed by atoms with Gasteiger partial charge >= 0.3 is 16.3 Å². The maximum Gasteiger partial charge on any atom is 0.421 e. The van der Waals surface area contributed by atoms with Crippen LogP contribution in [0.3, 0.4) is 0 Å². The van der Waals surface area contributed by atoms with Gasteiger partial charge in [-0.3, -0.25) is 0 Å². The zero-order chi connectivity index (χ0) is 13.6. The van der Waals surface area contributed by atoms with Gasteiger partial charge in [0, 0.05) is 6.54 Å². The number of hydrogen-bond donors (Lipinski definition) is 2. The number of alkyl halides is 1. The second-order valence-electron chi connectivity index (χ2n) is 3.32. The Balaban J connectivity index is 2.53. The van der Waals surface area contributed by atoms with Crippen molar-refractivity contribution >= 4 is 27.9 Å². The predicted molar refractivity (Wildman–Crippen MR) is 67.5 cm³/mol. The second kappa shape index (κ2) is 6.58. The van der Waals surface area contributed by atoms with Crippen molar-refractivity contribution in [3.63, 3.8) is 0 Å². The zero-order valence-electron chi connectivity index (χ0n) is 9.59. The van der Waals surface area contributed by atoms with Crippen LogP contribution < -0.4 is 9.44 Å². The molecule has 2 N–H and O–H groups in total. The zero-order valence-corrected chi connectivity index (χ0v) is 11.2. The number of benzene rings is 1. The van der Waals surface area contributed by atoms with E-state index >= 15 is 0 Å². The standard InChI is InChI=1S/C10H13ClN2O4S/c1-17-10(14)13-18(15,16)12-7-9(11)8-5-3-2-4-6-8/h2-6,9,12H,7H2,1H3,(H,13,14). The average Bonchev–Trinajstić information content (AvgIpc) is 2.36. The van der Waals surface area contributed by atoms with Crippen LogP contribution in [-0.2, 0) is 14.9 Å². The van der Waals surface area contributed by atoms with E-state index in [0.29, 0.717) is 0 Å². The van der Waals surface area contributed by atoms with Crippen LogP contribution in [-0.4, -0.2) is 28.2 Å². The van der Waals surface area contributed by atoms with Crippen LogP contribution in [0.1, 0.15) is 10.9 Å². The van der Waals surface area contributed by atoms with E-state index in [-0.39, 0.29) is 6.54 Å². The highest BCUT2D eigenvalue weighted by Gasteiger charge is 2.16. The quantitative estimate of drug-likeness (QED) is 0.798. The van der Waals surface area contributed by atoms with Gasteiger partial charge in [-0.25, -0.2) is 9.52 Å². The molecule has 0 radical (unpaired) electrons. The molecule has 0 saturated heterocycles. The van der Waals surface area contributed by atoms with Crippen molar-refractivity contribution in [3.8, 4) is 0 Å². The third-order valence-electron chi connectivity index (χ3n) is 2.02. The van der Waals surface area contributed by atoms with Gasteiger partial charge in [0.25, 0.3) is 0 Å². The Hall–Kier alpha value is -1.31. The van der Waals surface area contributed by atoms with Gasteiger partial charge in [-0.15, -0.1) is 11.6 Å². The summed E-state index contributed by atoms with van der Waals surface area (Å²) < 4.78 is 30.7. The van der Waals surface area contributed by atoms with Crippen molar-refractivity contribution in [2.45, 2.75) is 5.38 Å². The smallest absolute Gasteiger partial charge is 0.421 e. The molecule has 0 spiro atoms. The molecule has 0 bridgehead atoms. The summed E-state index contributed by atoms with van der Waals surface area (Å²) in [6.07, 6.45) is -1.06. The van der Waals surface area contributed by atoms with E-state index in [1.165, 1.54) is 0 Å². The molecule has 0 aliphatic rings. The predicted octanol–water partition coefficient (Wildman–Crippen LogP) is 1.16. The van der Waals surface area contributed by atoms with E-state index in [2.05, 4.69) is 9.46 Å². The second-order valence-corrected chi connectivity index (χ2v) is 5.35.